The van der Waals surface area contributed by atoms with Crippen molar-refractivity contribution in [2.75, 3.05) is 6.54 Å². The number of fused-ring (bicyclic) bond motifs is 1. The van der Waals surface area contributed by atoms with Crippen LogP contribution in [0.15, 0.2) is 29.0 Å². The van der Waals surface area contributed by atoms with Gasteiger partial charge in [-0.1, -0.05) is 0 Å². The summed E-state index contributed by atoms with van der Waals surface area (Å²) in [6, 6.07) is 2.48. The number of carboxylic acid groups (broad SMARTS) is 1. The molecule has 110 valence electrons. The average Bonchev–Trinajstić information content (AvgIpc) is 3.03. The van der Waals surface area contributed by atoms with Crippen LogP contribution in [-0.2, 0) is 18.3 Å². The molecule has 6 nitrogen and oxygen atoms in total. The monoisotopic (exact) mass is 288 g/mol. The molecule has 1 amide bonds. The fraction of sp³-hybridized carbons (Fsp3) is 0.333. The number of hydrogen-bond acceptors (Lipinski definition) is 3. The van der Waals surface area contributed by atoms with Gasteiger partial charge in [-0.05, 0) is 24.6 Å². The summed E-state index contributed by atoms with van der Waals surface area (Å²) in [5.41, 5.74) is 1.92. The Hall–Kier alpha value is -2.50. The molecule has 21 heavy (non-hydrogen) atoms. The zero-order valence-electron chi connectivity index (χ0n) is 11.9. The van der Waals surface area contributed by atoms with Gasteiger partial charge in [0.1, 0.15) is 11.5 Å². The van der Waals surface area contributed by atoms with Crippen molar-refractivity contribution in [3.8, 4) is 0 Å². The van der Waals surface area contributed by atoms with Gasteiger partial charge in [0.05, 0.1) is 6.26 Å². The van der Waals surface area contributed by atoms with Crippen LogP contribution in [0.5, 0.6) is 0 Å². The molecule has 1 unspecified atom stereocenters. The third kappa shape index (κ3) is 2.03. The number of nitrogens with zero attached hydrogens (tertiary/aromatic N) is 2. The largest absolute Gasteiger partial charge is 0.479 e. The number of carbonyl (C=O) groups excluding carboxylic acids is 1. The van der Waals surface area contributed by atoms with Crippen molar-refractivity contribution >= 4 is 11.9 Å². The van der Waals surface area contributed by atoms with Crippen LogP contribution in [0.2, 0.25) is 0 Å². The minimum absolute atomic E-state index is 0.265. The number of hydrogen-bond donors (Lipinski definition) is 1. The predicted molar refractivity (Wildman–Crippen MR) is 74.0 cm³/mol. The normalized spacial score (nSPS) is 17.6. The molecule has 0 saturated carbocycles. The molecular weight excluding hydrogens is 272 g/mol. The average molecular weight is 288 g/mol. The van der Waals surface area contributed by atoms with Crippen LogP contribution in [0.25, 0.3) is 0 Å². The van der Waals surface area contributed by atoms with Crippen molar-refractivity contribution < 1.29 is 19.1 Å². The van der Waals surface area contributed by atoms with Gasteiger partial charge in [0.2, 0.25) is 0 Å². The smallest absolute Gasteiger partial charge is 0.331 e. The first-order chi connectivity index (χ1) is 10.0. The maximum Gasteiger partial charge on any atom is 0.331 e. The van der Waals surface area contributed by atoms with Crippen LogP contribution in [0.3, 0.4) is 0 Å². The Morgan fingerprint density at radius 3 is 2.76 bits per heavy atom. The lowest BCUT2D eigenvalue weighted by Crippen LogP contribution is -2.43. The fourth-order valence-corrected chi connectivity index (χ4v) is 2.91. The molecule has 1 aliphatic heterocycles. The molecule has 2 aromatic heterocycles. The highest BCUT2D eigenvalue weighted by Crippen LogP contribution is 2.32. The highest BCUT2D eigenvalue weighted by atomic mass is 16.4. The Balaban J connectivity index is 2.02. The van der Waals surface area contributed by atoms with E-state index in [1.54, 1.807) is 23.9 Å². The molecule has 0 aromatic carbocycles. The summed E-state index contributed by atoms with van der Waals surface area (Å²) in [5, 5.41) is 9.52. The number of aliphatic carboxylic acids is 1. The molecule has 1 atom stereocenters. The summed E-state index contributed by atoms with van der Waals surface area (Å²) < 4.78 is 7.02. The van der Waals surface area contributed by atoms with E-state index in [0.717, 1.165) is 5.56 Å². The van der Waals surface area contributed by atoms with E-state index in [4.69, 9.17) is 4.42 Å². The Morgan fingerprint density at radius 1 is 1.38 bits per heavy atom. The van der Waals surface area contributed by atoms with Gasteiger partial charge in [-0.3, -0.25) is 4.79 Å². The van der Waals surface area contributed by atoms with E-state index in [1.165, 1.54) is 11.2 Å². The van der Waals surface area contributed by atoms with E-state index in [0.29, 0.717) is 30.0 Å². The molecule has 3 heterocycles. The second kappa shape index (κ2) is 4.80. The standard InChI is InChI=1S/C15H16N2O4/c1-9-3-6-16(2)12(9)14(18)17-7-4-11-10(5-8-21-11)13(17)15(19)20/h3,5-6,8,13H,4,7H2,1-2H3,(H,19,20). The van der Waals surface area contributed by atoms with Crippen molar-refractivity contribution in [3.05, 3.63) is 47.2 Å². The molecule has 0 fully saturated rings. The maximum absolute atomic E-state index is 12.8. The quantitative estimate of drug-likeness (QED) is 0.913. The van der Waals surface area contributed by atoms with Gasteiger partial charge < -0.3 is 19.0 Å². The van der Waals surface area contributed by atoms with E-state index in [-0.39, 0.29) is 5.91 Å². The van der Waals surface area contributed by atoms with Crippen molar-refractivity contribution in [2.45, 2.75) is 19.4 Å². The first-order valence-electron chi connectivity index (χ1n) is 6.72. The zero-order chi connectivity index (χ0) is 15.1. The molecule has 0 radical (unpaired) electrons. The summed E-state index contributed by atoms with van der Waals surface area (Å²) in [6.07, 6.45) is 3.80. The fourth-order valence-electron chi connectivity index (χ4n) is 2.91. The summed E-state index contributed by atoms with van der Waals surface area (Å²) in [4.78, 5) is 25.8. The molecule has 0 bridgehead atoms. The first kappa shape index (κ1) is 13.5. The Labute approximate surface area is 121 Å². The zero-order valence-corrected chi connectivity index (χ0v) is 11.9. The van der Waals surface area contributed by atoms with Crippen molar-refractivity contribution in [1.29, 1.82) is 0 Å². The summed E-state index contributed by atoms with van der Waals surface area (Å²) in [7, 11) is 1.78. The summed E-state index contributed by atoms with van der Waals surface area (Å²) in [5.74, 6) is -0.660. The molecular formula is C15H16N2O4. The lowest BCUT2D eigenvalue weighted by atomic mass is 9.98. The lowest BCUT2D eigenvalue weighted by Gasteiger charge is -2.32. The van der Waals surface area contributed by atoms with Gasteiger partial charge in [-0.2, -0.15) is 0 Å². The molecule has 0 saturated heterocycles. The molecule has 0 aliphatic carbocycles. The highest BCUT2D eigenvalue weighted by molar-refractivity contribution is 5.97. The Morgan fingerprint density at radius 2 is 2.14 bits per heavy atom. The minimum atomic E-state index is -1.04. The first-order valence-corrected chi connectivity index (χ1v) is 6.72. The van der Waals surface area contributed by atoms with E-state index in [2.05, 4.69) is 0 Å². The van der Waals surface area contributed by atoms with Crippen LogP contribution in [0.4, 0.5) is 0 Å². The van der Waals surface area contributed by atoms with E-state index in [1.807, 2.05) is 13.0 Å². The van der Waals surface area contributed by atoms with Crippen LogP contribution < -0.4 is 0 Å². The summed E-state index contributed by atoms with van der Waals surface area (Å²) >= 11 is 0. The van der Waals surface area contributed by atoms with E-state index in [9.17, 15) is 14.7 Å². The second-order valence-corrected chi connectivity index (χ2v) is 5.25. The van der Waals surface area contributed by atoms with Crippen LogP contribution in [-0.4, -0.2) is 33.0 Å². The lowest BCUT2D eigenvalue weighted by molar-refractivity contribution is -0.143. The van der Waals surface area contributed by atoms with Gasteiger partial charge in [-0.25, -0.2) is 4.79 Å². The van der Waals surface area contributed by atoms with Gasteiger partial charge in [0.25, 0.3) is 5.91 Å². The van der Waals surface area contributed by atoms with Crippen molar-refractivity contribution in [1.82, 2.24) is 9.47 Å². The third-order valence-corrected chi connectivity index (χ3v) is 3.94. The van der Waals surface area contributed by atoms with E-state index >= 15 is 0 Å². The number of amides is 1. The van der Waals surface area contributed by atoms with Gasteiger partial charge >= 0.3 is 5.97 Å². The highest BCUT2D eigenvalue weighted by Gasteiger charge is 2.38. The van der Waals surface area contributed by atoms with Crippen LogP contribution >= 0.6 is 0 Å². The molecule has 6 heteroatoms. The predicted octanol–water partition coefficient (Wildman–Crippen LogP) is 1.75. The number of aryl methyl sites for hydroxylation is 2. The molecule has 1 N–H and O–H groups in total. The number of furan rings is 1. The minimum Gasteiger partial charge on any atom is -0.479 e. The van der Waals surface area contributed by atoms with Crippen LogP contribution in [0.1, 0.15) is 33.4 Å². The number of carboxylic acids is 1. The third-order valence-electron chi connectivity index (χ3n) is 3.94. The second-order valence-electron chi connectivity index (χ2n) is 5.25. The van der Waals surface area contributed by atoms with E-state index < -0.39 is 12.0 Å². The summed E-state index contributed by atoms with van der Waals surface area (Å²) in [6.45, 7) is 2.18. The Kier molecular flexibility index (Phi) is 3.08. The number of carbonyl (C=O) groups is 2. The Bertz CT molecular complexity index is 694. The topological polar surface area (TPSA) is 75.7 Å². The van der Waals surface area contributed by atoms with Crippen molar-refractivity contribution in [2.24, 2.45) is 7.05 Å². The van der Waals surface area contributed by atoms with Gasteiger partial charge in [0, 0.05) is 31.8 Å². The number of aromatic nitrogens is 1. The number of rotatable bonds is 2. The van der Waals surface area contributed by atoms with Crippen LogP contribution in [0, 0.1) is 6.92 Å². The molecule has 1 aliphatic rings. The molecule has 3 rings (SSSR count). The molecule has 2 aromatic rings. The van der Waals surface area contributed by atoms with Gasteiger partial charge in [0.15, 0.2) is 6.04 Å². The van der Waals surface area contributed by atoms with Crippen molar-refractivity contribution in [3.63, 3.8) is 0 Å². The van der Waals surface area contributed by atoms with Gasteiger partial charge in [-0.15, -0.1) is 0 Å². The maximum atomic E-state index is 12.8. The SMILES string of the molecule is Cc1ccn(C)c1C(=O)N1CCc2occc2C1C(=O)O. The molecule has 0 spiro atoms.